The van der Waals surface area contributed by atoms with Crippen LogP contribution < -0.4 is 15.5 Å². The van der Waals surface area contributed by atoms with Crippen molar-refractivity contribution in [1.29, 1.82) is 0 Å². The predicted molar refractivity (Wildman–Crippen MR) is 120 cm³/mol. The molecule has 0 spiro atoms. The molecule has 0 aromatic heterocycles. The zero-order valence-electron chi connectivity index (χ0n) is 19.3. The molecule has 6 nitrogen and oxygen atoms in total. The number of carbonyl (C=O) groups excluding carboxylic acids is 2. The van der Waals surface area contributed by atoms with Crippen LogP contribution in [0.2, 0.25) is 0 Å². The smallest absolute Gasteiger partial charge is 0.318 e. The number of urea groups is 1. The Balaban J connectivity index is 2.33. The lowest BCUT2D eigenvalue weighted by molar-refractivity contribution is -0.117. The first kappa shape index (κ1) is 23.0. The average molecular weight is 403 g/mol. The van der Waals surface area contributed by atoms with Crippen molar-refractivity contribution in [3.8, 4) is 0 Å². The number of carbonyl (C=O) groups is 2. The highest BCUT2D eigenvalue weighted by Crippen LogP contribution is 2.31. The molecule has 1 aliphatic rings. The fraction of sp³-hybridized carbons (Fsp3) is 0.652. The van der Waals surface area contributed by atoms with Crippen molar-refractivity contribution >= 4 is 23.3 Å². The van der Waals surface area contributed by atoms with Gasteiger partial charge in [0, 0.05) is 49.5 Å². The first-order valence-corrected chi connectivity index (χ1v) is 10.6. The van der Waals surface area contributed by atoms with Crippen LogP contribution in [0.1, 0.15) is 59.9 Å². The molecule has 0 aliphatic heterocycles. The second-order valence-electron chi connectivity index (χ2n) is 9.79. The molecular weight excluding hydrogens is 364 g/mol. The van der Waals surface area contributed by atoms with Crippen molar-refractivity contribution in [2.75, 3.05) is 24.3 Å². The lowest BCUT2D eigenvalue weighted by atomic mass is 10.0. The number of rotatable bonds is 7. The van der Waals surface area contributed by atoms with E-state index in [9.17, 15) is 9.59 Å². The summed E-state index contributed by atoms with van der Waals surface area (Å²) in [6.45, 7) is 12.8. The van der Waals surface area contributed by atoms with Crippen molar-refractivity contribution in [2.24, 2.45) is 11.8 Å². The van der Waals surface area contributed by atoms with Crippen molar-refractivity contribution in [3.63, 3.8) is 0 Å². The Labute approximate surface area is 176 Å². The zero-order valence-corrected chi connectivity index (χ0v) is 19.3. The van der Waals surface area contributed by atoms with Gasteiger partial charge in [-0.05, 0) is 70.2 Å². The SMILES string of the molecule is CC(C)C(C)N(Cc1cc(NC(=O)C2CC2)ccc1N(C)C)C(=O)NC(C)(C)C. The fourth-order valence-electron chi connectivity index (χ4n) is 3.15. The molecule has 0 heterocycles. The Kier molecular flexibility index (Phi) is 7.20. The summed E-state index contributed by atoms with van der Waals surface area (Å²) in [5.74, 6) is 0.565. The monoisotopic (exact) mass is 402 g/mol. The van der Waals surface area contributed by atoms with Crippen LogP contribution in [0.3, 0.4) is 0 Å². The first-order chi connectivity index (χ1) is 13.4. The average Bonchev–Trinajstić information content (AvgIpc) is 3.42. The Morgan fingerprint density at radius 1 is 1.14 bits per heavy atom. The molecule has 1 unspecified atom stereocenters. The third-order valence-electron chi connectivity index (χ3n) is 5.32. The summed E-state index contributed by atoms with van der Waals surface area (Å²) in [4.78, 5) is 29.2. The third kappa shape index (κ3) is 6.65. The van der Waals surface area contributed by atoms with E-state index in [-0.39, 0.29) is 29.4 Å². The molecule has 29 heavy (non-hydrogen) atoms. The van der Waals surface area contributed by atoms with E-state index in [1.807, 2.05) is 62.9 Å². The van der Waals surface area contributed by atoms with Gasteiger partial charge in [-0.25, -0.2) is 4.79 Å². The standard InChI is InChI=1S/C23H38N4O2/c1-15(2)16(3)27(22(29)25-23(4,5)6)14-18-13-19(11-12-20(18)26(7)8)24-21(28)17-9-10-17/h11-13,15-17H,9-10,14H2,1-8H3,(H,24,28)(H,25,29). The number of hydrogen-bond acceptors (Lipinski definition) is 3. The summed E-state index contributed by atoms with van der Waals surface area (Å²) in [5, 5.41) is 6.12. The number of nitrogens with zero attached hydrogens (tertiary/aromatic N) is 2. The zero-order chi connectivity index (χ0) is 21.9. The van der Waals surface area contributed by atoms with E-state index >= 15 is 0 Å². The second kappa shape index (κ2) is 9.06. The second-order valence-corrected chi connectivity index (χ2v) is 9.79. The van der Waals surface area contributed by atoms with Gasteiger partial charge in [0.2, 0.25) is 5.91 Å². The Hall–Kier alpha value is -2.24. The van der Waals surface area contributed by atoms with Crippen molar-refractivity contribution < 1.29 is 9.59 Å². The molecule has 1 aromatic carbocycles. The van der Waals surface area contributed by atoms with Crippen molar-refractivity contribution in [1.82, 2.24) is 10.2 Å². The summed E-state index contributed by atoms with van der Waals surface area (Å²) >= 11 is 0. The minimum Gasteiger partial charge on any atom is -0.377 e. The van der Waals surface area contributed by atoms with Gasteiger partial charge in [0.1, 0.15) is 0 Å². The summed E-state index contributed by atoms with van der Waals surface area (Å²) in [5.41, 5.74) is 2.53. The molecule has 6 heteroatoms. The normalized spacial score (nSPS) is 15.1. The van der Waals surface area contributed by atoms with E-state index in [1.54, 1.807) is 0 Å². The molecule has 0 radical (unpaired) electrons. The molecule has 2 rings (SSSR count). The van der Waals surface area contributed by atoms with Gasteiger partial charge in [0.05, 0.1) is 0 Å². The van der Waals surface area contributed by atoms with Crippen LogP contribution in [-0.4, -0.2) is 42.5 Å². The molecule has 162 valence electrons. The van der Waals surface area contributed by atoms with E-state index in [1.165, 1.54) is 0 Å². The molecule has 2 N–H and O–H groups in total. The van der Waals surface area contributed by atoms with E-state index < -0.39 is 0 Å². The van der Waals surface area contributed by atoms with E-state index in [0.717, 1.165) is 29.8 Å². The van der Waals surface area contributed by atoms with Gasteiger partial charge < -0.3 is 20.4 Å². The number of anilines is 2. The minimum absolute atomic E-state index is 0.0667. The van der Waals surface area contributed by atoms with Gasteiger partial charge in [-0.3, -0.25) is 4.79 Å². The minimum atomic E-state index is -0.309. The predicted octanol–water partition coefficient (Wildman–Crippen LogP) is 4.46. The van der Waals surface area contributed by atoms with Crippen LogP contribution in [-0.2, 0) is 11.3 Å². The Morgan fingerprint density at radius 2 is 1.76 bits per heavy atom. The highest BCUT2D eigenvalue weighted by molar-refractivity contribution is 5.94. The van der Waals surface area contributed by atoms with E-state index in [2.05, 4.69) is 31.4 Å². The van der Waals surface area contributed by atoms with Gasteiger partial charge in [-0.15, -0.1) is 0 Å². The third-order valence-corrected chi connectivity index (χ3v) is 5.32. The number of nitrogens with one attached hydrogen (secondary N) is 2. The molecule has 0 bridgehead atoms. The van der Waals surface area contributed by atoms with Crippen LogP contribution in [0.25, 0.3) is 0 Å². The highest BCUT2D eigenvalue weighted by Gasteiger charge is 2.30. The van der Waals surface area contributed by atoms with E-state index in [0.29, 0.717) is 12.5 Å². The van der Waals surface area contributed by atoms with Crippen molar-refractivity contribution in [2.45, 2.75) is 72.5 Å². The number of hydrogen-bond donors (Lipinski definition) is 2. The molecule has 1 aromatic rings. The summed E-state index contributed by atoms with van der Waals surface area (Å²) < 4.78 is 0. The number of amides is 3. The Bertz CT molecular complexity index is 733. The van der Waals surface area contributed by atoms with Gasteiger partial charge in [-0.1, -0.05) is 13.8 Å². The summed E-state index contributed by atoms with van der Waals surface area (Å²) in [6, 6.07) is 5.94. The van der Waals surface area contributed by atoms with Gasteiger partial charge in [0.25, 0.3) is 0 Å². The fourth-order valence-corrected chi connectivity index (χ4v) is 3.15. The van der Waals surface area contributed by atoms with Crippen LogP contribution in [0, 0.1) is 11.8 Å². The molecule has 3 amide bonds. The first-order valence-electron chi connectivity index (χ1n) is 10.6. The van der Waals surface area contributed by atoms with Crippen LogP contribution in [0.15, 0.2) is 18.2 Å². The van der Waals surface area contributed by atoms with Crippen LogP contribution in [0.4, 0.5) is 16.2 Å². The molecular formula is C23H38N4O2. The van der Waals surface area contributed by atoms with Gasteiger partial charge in [-0.2, -0.15) is 0 Å². The molecule has 0 saturated heterocycles. The van der Waals surface area contributed by atoms with Gasteiger partial charge >= 0.3 is 6.03 Å². The summed E-state index contributed by atoms with van der Waals surface area (Å²) in [7, 11) is 3.99. The highest BCUT2D eigenvalue weighted by atomic mass is 16.2. The maximum atomic E-state index is 13.1. The lowest BCUT2D eigenvalue weighted by Gasteiger charge is -2.35. The maximum absolute atomic E-state index is 13.1. The topological polar surface area (TPSA) is 64.7 Å². The maximum Gasteiger partial charge on any atom is 0.318 e. The quantitative estimate of drug-likeness (QED) is 0.708. The largest absolute Gasteiger partial charge is 0.377 e. The Morgan fingerprint density at radius 3 is 2.24 bits per heavy atom. The van der Waals surface area contributed by atoms with Crippen LogP contribution >= 0.6 is 0 Å². The summed E-state index contributed by atoms with van der Waals surface area (Å²) in [6.07, 6.45) is 1.95. The molecule has 1 fully saturated rings. The molecule has 1 saturated carbocycles. The lowest BCUT2D eigenvalue weighted by Crippen LogP contribution is -2.52. The van der Waals surface area contributed by atoms with Crippen LogP contribution in [0.5, 0.6) is 0 Å². The number of benzene rings is 1. The van der Waals surface area contributed by atoms with Crippen molar-refractivity contribution in [3.05, 3.63) is 23.8 Å². The van der Waals surface area contributed by atoms with Gasteiger partial charge in [0.15, 0.2) is 0 Å². The molecule has 1 atom stereocenters. The molecule has 1 aliphatic carbocycles. The van der Waals surface area contributed by atoms with E-state index in [4.69, 9.17) is 0 Å².